The van der Waals surface area contributed by atoms with Crippen molar-refractivity contribution in [1.82, 2.24) is 4.98 Å². The van der Waals surface area contributed by atoms with Gasteiger partial charge in [0.05, 0.1) is 7.11 Å². The number of pyridine rings is 1. The number of benzene rings is 1. The second kappa shape index (κ2) is 5.45. The average Bonchev–Trinajstić information content (AvgIpc) is 2.41. The maximum absolute atomic E-state index is 8.14. The third-order valence-electron chi connectivity index (χ3n) is 2.76. The SMILES string of the molecule is COc1ccccc1C(=N)Cc1ccc(C)cn1. The van der Waals surface area contributed by atoms with Crippen molar-refractivity contribution in [3.8, 4) is 5.75 Å². The van der Waals surface area contributed by atoms with Gasteiger partial charge in [-0.1, -0.05) is 18.2 Å². The van der Waals surface area contributed by atoms with Gasteiger partial charge in [0.15, 0.2) is 0 Å². The summed E-state index contributed by atoms with van der Waals surface area (Å²) < 4.78 is 5.26. The highest BCUT2D eigenvalue weighted by Gasteiger charge is 2.09. The molecule has 0 aliphatic heterocycles. The normalized spacial score (nSPS) is 10.1. The molecule has 0 aliphatic rings. The zero-order valence-corrected chi connectivity index (χ0v) is 10.6. The zero-order valence-electron chi connectivity index (χ0n) is 10.6. The van der Waals surface area contributed by atoms with Gasteiger partial charge in [0.2, 0.25) is 0 Å². The lowest BCUT2D eigenvalue weighted by atomic mass is 10.0. The fourth-order valence-electron chi connectivity index (χ4n) is 1.77. The highest BCUT2D eigenvalue weighted by atomic mass is 16.5. The quantitative estimate of drug-likeness (QED) is 0.835. The second-order valence-corrected chi connectivity index (χ2v) is 4.18. The van der Waals surface area contributed by atoms with Gasteiger partial charge in [0.25, 0.3) is 0 Å². The van der Waals surface area contributed by atoms with Crippen molar-refractivity contribution in [2.24, 2.45) is 0 Å². The Labute approximate surface area is 107 Å². The van der Waals surface area contributed by atoms with Crippen molar-refractivity contribution in [3.63, 3.8) is 0 Å². The van der Waals surface area contributed by atoms with Crippen molar-refractivity contribution < 1.29 is 4.74 Å². The van der Waals surface area contributed by atoms with Crippen molar-refractivity contribution >= 4 is 5.71 Å². The van der Waals surface area contributed by atoms with E-state index in [0.717, 1.165) is 22.6 Å². The van der Waals surface area contributed by atoms with E-state index < -0.39 is 0 Å². The summed E-state index contributed by atoms with van der Waals surface area (Å²) in [6, 6.07) is 11.5. The Morgan fingerprint density at radius 2 is 2.00 bits per heavy atom. The van der Waals surface area contributed by atoms with E-state index in [-0.39, 0.29) is 0 Å². The number of aromatic nitrogens is 1. The van der Waals surface area contributed by atoms with Gasteiger partial charge in [-0.25, -0.2) is 0 Å². The third kappa shape index (κ3) is 2.74. The average molecular weight is 240 g/mol. The molecule has 0 radical (unpaired) electrons. The monoisotopic (exact) mass is 240 g/mol. The molecular weight excluding hydrogens is 224 g/mol. The van der Waals surface area contributed by atoms with Gasteiger partial charge in [-0.3, -0.25) is 4.98 Å². The lowest BCUT2D eigenvalue weighted by molar-refractivity contribution is 0.414. The minimum absolute atomic E-state index is 0.515. The summed E-state index contributed by atoms with van der Waals surface area (Å²) in [6.07, 6.45) is 2.34. The van der Waals surface area contributed by atoms with Crippen LogP contribution in [0.15, 0.2) is 42.6 Å². The van der Waals surface area contributed by atoms with Crippen LogP contribution in [0.3, 0.4) is 0 Å². The molecule has 2 aromatic rings. The molecule has 2 rings (SSSR count). The number of hydrogen-bond donors (Lipinski definition) is 1. The first kappa shape index (κ1) is 12.3. The molecule has 1 heterocycles. The van der Waals surface area contributed by atoms with Gasteiger partial charge in [-0.15, -0.1) is 0 Å². The Hall–Kier alpha value is -2.16. The van der Waals surface area contributed by atoms with Gasteiger partial charge in [-0.2, -0.15) is 0 Å². The number of methoxy groups -OCH3 is 1. The highest BCUT2D eigenvalue weighted by molar-refractivity contribution is 6.01. The number of para-hydroxylation sites is 1. The number of nitrogens with zero attached hydrogens (tertiary/aromatic N) is 1. The summed E-state index contributed by atoms with van der Waals surface area (Å²) in [5.41, 5.74) is 3.37. The lowest BCUT2D eigenvalue weighted by Gasteiger charge is -2.09. The fraction of sp³-hybridized carbons (Fsp3) is 0.200. The number of rotatable bonds is 4. The van der Waals surface area contributed by atoms with Crippen LogP contribution in [0, 0.1) is 12.3 Å². The van der Waals surface area contributed by atoms with Crippen LogP contribution in [0.25, 0.3) is 0 Å². The van der Waals surface area contributed by atoms with Gasteiger partial charge in [-0.05, 0) is 30.7 Å². The topological polar surface area (TPSA) is 46.0 Å². The minimum Gasteiger partial charge on any atom is -0.496 e. The van der Waals surface area contributed by atoms with Crippen molar-refractivity contribution in [2.45, 2.75) is 13.3 Å². The molecule has 92 valence electrons. The van der Waals surface area contributed by atoms with Crippen LogP contribution in [0.5, 0.6) is 5.75 Å². The van der Waals surface area contributed by atoms with E-state index in [2.05, 4.69) is 4.98 Å². The van der Waals surface area contributed by atoms with E-state index in [1.165, 1.54) is 0 Å². The summed E-state index contributed by atoms with van der Waals surface area (Å²) in [7, 11) is 1.62. The minimum atomic E-state index is 0.515. The molecule has 1 aromatic heterocycles. The Morgan fingerprint density at radius 3 is 2.67 bits per heavy atom. The molecule has 0 spiro atoms. The van der Waals surface area contributed by atoms with Crippen LogP contribution < -0.4 is 4.74 Å². The summed E-state index contributed by atoms with van der Waals surface area (Å²) in [6.45, 7) is 2.00. The predicted molar refractivity (Wildman–Crippen MR) is 72.5 cm³/mol. The first-order valence-electron chi connectivity index (χ1n) is 5.83. The Bertz CT molecular complexity index is 547. The molecular formula is C15H16N2O. The molecule has 0 bridgehead atoms. The number of hydrogen-bond acceptors (Lipinski definition) is 3. The Kier molecular flexibility index (Phi) is 3.72. The largest absolute Gasteiger partial charge is 0.496 e. The van der Waals surface area contributed by atoms with E-state index in [0.29, 0.717) is 12.1 Å². The van der Waals surface area contributed by atoms with Gasteiger partial charge >= 0.3 is 0 Å². The maximum Gasteiger partial charge on any atom is 0.127 e. The Balaban J connectivity index is 2.19. The molecule has 0 atom stereocenters. The van der Waals surface area contributed by atoms with Crippen LogP contribution in [-0.4, -0.2) is 17.8 Å². The molecule has 1 N–H and O–H groups in total. The summed E-state index contributed by atoms with van der Waals surface area (Å²) in [5.74, 6) is 0.731. The van der Waals surface area contributed by atoms with E-state index in [4.69, 9.17) is 10.1 Å². The summed E-state index contributed by atoms with van der Waals surface area (Å²) in [5, 5.41) is 8.14. The summed E-state index contributed by atoms with van der Waals surface area (Å²) >= 11 is 0. The molecule has 0 unspecified atom stereocenters. The number of ether oxygens (including phenoxy) is 1. The fourth-order valence-corrected chi connectivity index (χ4v) is 1.77. The number of nitrogens with one attached hydrogen (secondary N) is 1. The number of aryl methyl sites for hydroxylation is 1. The highest BCUT2D eigenvalue weighted by Crippen LogP contribution is 2.19. The molecule has 0 aliphatic carbocycles. The van der Waals surface area contributed by atoms with Gasteiger partial charge in [0.1, 0.15) is 5.75 Å². The molecule has 0 saturated heterocycles. The molecule has 3 heteroatoms. The van der Waals surface area contributed by atoms with Crippen LogP contribution in [0.1, 0.15) is 16.8 Å². The molecule has 0 fully saturated rings. The van der Waals surface area contributed by atoms with Crippen molar-refractivity contribution in [2.75, 3.05) is 7.11 Å². The summed E-state index contributed by atoms with van der Waals surface area (Å²) in [4.78, 5) is 4.32. The maximum atomic E-state index is 8.14. The van der Waals surface area contributed by atoms with Crippen LogP contribution in [0.2, 0.25) is 0 Å². The molecule has 18 heavy (non-hydrogen) atoms. The second-order valence-electron chi connectivity index (χ2n) is 4.18. The van der Waals surface area contributed by atoms with Crippen molar-refractivity contribution in [1.29, 1.82) is 5.41 Å². The lowest BCUT2D eigenvalue weighted by Crippen LogP contribution is -2.07. The zero-order chi connectivity index (χ0) is 13.0. The van der Waals surface area contributed by atoms with Crippen LogP contribution in [-0.2, 0) is 6.42 Å². The molecule has 3 nitrogen and oxygen atoms in total. The van der Waals surface area contributed by atoms with Crippen molar-refractivity contribution in [3.05, 3.63) is 59.4 Å². The van der Waals surface area contributed by atoms with Crippen LogP contribution in [0.4, 0.5) is 0 Å². The van der Waals surface area contributed by atoms with E-state index in [1.54, 1.807) is 7.11 Å². The molecule has 0 saturated carbocycles. The van der Waals surface area contributed by atoms with Crippen LogP contribution >= 0.6 is 0 Å². The first-order chi connectivity index (χ1) is 8.70. The standard InChI is InChI=1S/C15H16N2O/c1-11-7-8-12(17-10-11)9-14(16)13-5-3-4-6-15(13)18-2/h3-8,10,16H,9H2,1-2H3. The third-order valence-corrected chi connectivity index (χ3v) is 2.76. The smallest absolute Gasteiger partial charge is 0.127 e. The Morgan fingerprint density at radius 1 is 1.22 bits per heavy atom. The first-order valence-corrected chi connectivity index (χ1v) is 5.83. The van der Waals surface area contributed by atoms with E-state index in [1.807, 2.05) is 49.5 Å². The van der Waals surface area contributed by atoms with E-state index >= 15 is 0 Å². The van der Waals surface area contributed by atoms with E-state index in [9.17, 15) is 0 Å². The van der Waals surface area contributed by atoms with Gasteiger partial charge in [0, 0.05) is 29.6 Å². The molecule has 1 aromatic carbocycles. The predicted octanol–water partition coefficient (Wildman–Crippen LogP) is 3.01. The molecule has 0 amide bonds. The van der Waals surface area contributed by atoms with Gasteiger partial charge < -0.3 is 10.1 Å².